The number of methoxy groups -OCH3 is 2. The van der Waals surface area contributed by atoms with Crippen molar-refractivity contribution in [2.24, 2.45) is 0 Å². The Morgan fingerprint density at radius 3 is 2.46 bits per heavy atom. The van der Waals surface area contributed by atoms with Gasteiger partial charge in [0, 0.05) is 40.3 Å². The van der Waals surface area contributed by atoms with Crippen LogP contribution in [0.5, 0.6) is 11.5 Å². The van der Waals surface area contributed by atoms with Crippen LogP contribution in [-0.2, 0) is 0 Å². The highest BCUT2D eigenvalue weighted by atomic mass is 16.5. The number of aliphatic hydroxyl groups excluding tert-OH is 1. The summed E-state index contributed by atoms with van der Waals surface area (Å²) >= 11 is 0. The molecule has 2 aromatic carbocycles. The normalized spacial score (nSPS) is 14.3. The van der Waals surface area contributed by atoms with Gasteiger partial charge in [-0.05, 0) is 35.6 Å². The largest absolute Gasteiger partial charge is 0.493 e. The first-order valence-electron chi connectivity index (χ1n) is 12.2. The first-order valence-corrected chi connectivity index (χ1v) is 12.2. The molecule has 0 unspecified atom stereocenters. The minimum atomic E-state index is -0.326. The molecule has 0 amide bonds. The van der Waals surface area contributed by atoms with Gasteiger partial charge < -0.3 is 19.9 Å². The summed E-state index contributed by atoms with van der Waals surface area (Å²) in [4.78, 5) is 26.3. The van der Waals surface area contributed by atoms with Gasteiger partial charge in [0.2, 0.25) is 0 Å². The molecule has 0 fully saturated rings. The topological polar surface area (TPSA) is 124 Å². The molecule has 0 spiro atoms. The molecule has 0 bridgehead atoms. The van der Waals surface area contributed by atoms with Crippen molar-refractivity contribution in [3.8, 4) is 28.6 Å². The third-order valence-corrected chi connectivity index (χ3v) is 6.62. The van der Waals surface area contributed by atoms with Gasteiger partial charge in [-0.15, -0.1) is 0 Å². The highest BCUT2D eigenvalue weighted by Gasteiger charge is 2.19. The molecule has 2 N–H and O–H groups in total. The summed E-state index contributed by atoms with van der Waals surface area (Å²) in [6, 6.07) is 14.4. The second-order valence-electron chi connectivity index (χ2n) is 8.91. The molecule has 10 heteroatoms. The summed E-state index contributed by atoms with van der Waals surface area (Å²) in [6.07, 6.45) is 8.33. The molecule has 0 saturated carbocycles. The maximum absolute atomic E-state index is 13.6. The van der Waals surface area contributed by atoms with E-state index >= 15 is 0 Å². The molecule has 3 aromatic heterocycles. The van der Waals surface area contributed by atoms with Crippen molar-refractivity contribution in [3.63, 3.8) is 0 Å². The van der Waals surface area contributed by atoms with Crippen molar-refractivity contribution in [3.05, 3.63) is 99.8 Å². The van der Waals surface area contributed by atoms with E-state index < -0.39 is 0 Å². The zero-order chi connectivity index (χ0) is 26.9. The predicted molar refractivity (Wildman–Crippen MR) is 146 cm³/mol. The Kier molecular flexibility index (Phi) is 6.22. The van der Waals surface area contributed by atoms with Gasteiger partial charge in [0.05, 0.1) is 38.0 Å². The minimum absolute atomic E-state index is 0.108. The van der Waals surface area contributed by atoms with Gasteiger partial charge in [0.25, 0.3) is 5.56 Å². The summed E-state index contributed by atoms with van der Waals surface area (Å²) in [5, 5.41) is 21.0. The van der Waals surface area contributed by atoms with E-state index in [0.717, 1.165) is 21.7 Å². The number of fused-ring (bicyclic) bond motifs is 2. The Hall–Kier alpha value is -5.09. The third-order valence-electron chi connectivity index (χ3n) is 6.62. The van der Waals surface area contributed by atoms with Crippen molar-refractivity contribution in [2.45, 2.75) is 6.04 Å². The molecule has 6 rings (SSSR count). The smallest absolute Gasteiger partial charge is 0.280 e. The van der Waals surface area contributed by atoms with Crippen LogP contribution in [0.4, 0.5) is 0 Å². The first-order chi connectivity index (χ1) is 19.1. The number of rotatable bonds is 6. The molecule has 0 aliphatic carbocycles. The third kappa shape index (κ3) is 4.26. The fourth-order valence-electron chi connectivity index (χ4n) is 4.78. The monoisotopic (exact) mass is 520 g/mol. The molecular weight excluding hydrogens is 496 g/mol. The average Bonchev–Trinajstić information content (AvgIpc) is 3.00. The quantitative estimate of drug-likeness (QED) is 0.339. The molecule has 5 aromatic rings. The van der Waals surface area contributed by atoms with Gasteiger partial charge in [-0.25, -0.2) is 15.0 Å². The molecule has 1 aliphatic rings. The molecule has 39 heavy (non-hydrogen) atoms. The fourth-order valence-corrected chi connectivity index (χ4v) is 4.78. The van der Waals surface area contributed by atoms with E-state index in [1.54, 1.807) is 44.9 Å². The van der Waals surface area contributed by atoms with Crippen molar-refractivity contribution in [1.82, 2.24) is 30.0 Å². The maximum Gasteiger partial charge on any atom is 0.280 e. The number of aliphatic hydroxyl groups is 1. The SMILES string of the molecule is COc1cc2c(cc1OC)=C(c1ccnc(-n3nc(-c4cncnc4)c4ccccc4c3=O)c1)N[C@H](CO)C=2. The van der Waals surface area contributed by atoms with Crippen molar-refractivity contribution in [1.29, 1.82) is 0 Å². The number of aromatic nitrogens is 5. The summed E-state index contributed by atoms with van der Waals surface area (Å²) in [7, 11) is 3.16. The standard InChI is InChI=1S/C29H24N6O4/c1-38-24-10-18-9-20(15-36)33-27(23(18)12-25(24)39-2)17-7-8-32-26(11-17)35-29(37)22-6-4-3-5-21(22)28(34-35)19-13-30-16-31-14-19/h3-14,16,20,33,36H,15H2,1-2H3/t20-/m0/s1. The lowest BCUT2D eigenvalue weighted by Crippen LogP contribution is -2.44. The molecule has 0 saturated heterocycles. The van der Waals surface area contributed by atoms with Crippen LogP contribution in [0.3, 0.4) is 0 Å². The molecule has 0 radical (unpaired) electrons. The van der Waals surface area contributed by atoms with E-state index in [-0.39, 0.29) is 18.2 Å². The highest BCUT2D eigenvalue weighted by Crippen LogP contribution is 2.25. The van der Waals surface area contributed by atoms with Gasteiger partial charge in [-0.1, -0.05) is 24.3 Å². The van der Waals surface area contributed by atoms with Crippen LogP contribution in [-0.4, -0.2) is 56.7 Å². The van der Waals surface area contributed by atoms with E-state index in [1.165, 1.54) is 11.0 Å². The van der Waals surface area contributed by atoms with Gasteiger partial charge in [0.1, 0.15) is 12.0 Å². The molecule has 10 nitrogen and oxygen atoms in total. The molecule has 4 heterocycles. The lowest BCUT2D eigenvalue weighted by atomic mass is 10.0. The van der Waals surface area contributed by atoms with Crippen molar-refractivity contribution >= 4 is 22.5 Å². The zero-order valence-electron chi connectivity index (χ0n) is 21.2. The number of hydrogen-bond acceptors (Lipinski definition) is 9. The average molecular weight is 521 g/mol. The summed E-state index contributed by atoms with van der Waals surface area (Å²) < 4.78 is 12.3. The van der Waals surface area contributed by atoms with Gasteiger partial charge >= 0.3 is 0 Å². The summed E-state index contributed by atoms with van der Waals surface area (Å²) in [6.45, 7) is -0.108. The Morgan fingerprint density at radius 2 is 1.72 bits per heavy atom. The van der Waals surface area contributed by atoms with Crippen LogP contribution in [0, 0.1) is 0 Å². The molecule has 1 aliphatic heterocycles. The Morgan fingerprint density at radius 1 is 0.974 bits per heavy atom. The first kappa shape index (κ1) is 24.3. The van der Waals surface area contributed by atoms with Crippen molar-refractivity contribution in [2.75, 3.05) is 20.8 Å². The predicted octanol–water partition coefficient (Wildman–Crippen LogP) is 1.16. The van der Waals surface area contributed by atoms with Gasteiger partial charge in [-0.2, -0.15) is 9.78 Å². The van der Waals surface area contributed by atoms with Gasteiger partial charge in [0.15, 0.2) is 17.3 Å². The number of hydrogen-bond donors (Lipinski definition) is 2. The van der Waals surface area contributed by atoms with Crippen LogP contribution in [0.15, 0.2) is 78.2 Å². The van der Waals surface area contributed by atoms with Gasteiger partial charge in [-0.3, -0.25) is 4.79 Å². The van der Waals surface area contributed by atoms with Crippen LogP contribution in [0.25, 0.3) is 39.6 Å². The van der Waals surface area contributed by atoms with E-state index in [9.17, 15) is 9.90 Å². The Bertz CT molecular complexity index is 1890. The van der Waals surface area contributed by atoms with Crippen LogP contribution >= 0.6 is 0 Å². The van der Waals surface area contributed by atoms with E-state index in [2.05, 4.69) is 20.3 Å². The minimum Gasteiger partial charge on any atom is -0.493 e. The number of benzene rings is 2. The number of nitrogens with one attached hydrogen (secondary N) is 1. The Labute approximate surface area is 222 Å². The lowest BCUT2D eigenvalue weighted by molar-refractivity contribution is 0.279. The molecular formula is C29H24N6O4. The van der Waals surface area contributed by atoms with E-state index in [0.29, 0.717) is 39.3 Å². The zero-order valence-corrected chi connectivity index (χ0v) is 21.2. The number of pyridine rings is 1. The fraction of sp³-hybridized carbons (Fsp3) is 0.138. The van der Waals surface area contributed by atoms with E-state index in [1.807, 2.05) is 42.5 Å². The number of ether oxygens (including phenoxy) is 2. The second-order valence-corrected chi connectivity index (χ2v) is 8.91. The maximum atomic E-state index is 13.6. The summed E-state index contributed by atoms with van der Waals surface area (Å²) in [5.74, 6) is 1.50. The number of nitrogens with zero attached hydrogens (tertiary/aromatic N) is 5. The summed E-state index contributed by atoms with van der Waals surface area (Å²) in [5.41, 5.74) is 2.45. The highest BCUT2D eigenvalue weighted by molar-refractivity contribution is 5.93. The molecule has 194 valence electrons. The molecule has 1 atom stereocenters. The second kappa shape index (κ2) is 9.99. The van der Waals surface area contributed by atoms with Crippen molar-refractivity contribution < 1.29 is 14.6 Å². The van der Waals surface area contributed by atoms with E-state index in [4.69, 9.17) is 14.6 Å². The lowest BCUT2D eigenvalue weighted by Gasteiger charge is -2.22. The van der Waals surface area contributed by atoms with Crippen LogP contribution in [0.2, 0.25) is 0 Å². The van der Waals surface area contributed by atoms with Crippen LogP contribution < -0.4 is 30.8 Å². The van der Waals surface area contributed by atoms with Crippen LogP contribution in [0.1, 0.15) is 5.56 Å². The Balaban J connectivity index is 1.58.